The molecule has 0 aliphatic carbocycles. The minimum Gasteiger partial charge on any atom is -0.463 e. The molecule has 1 aromatic carbocycles. The molecule has 0 aliphatic heterocycles. The first-order valence-electron chi connectivity index (χ1n) is 4.40. The predicted octanol–water partition coefficient (Wildman–Crippen LogP) is 2.78. The van der Waals surface area contributed by atoms with Crippen LogP contribution in [0, 0.1) is 5.82 Å². The van der Waals surface area contributed by atoms with E-state index in [1.54, 1.807) is 18.2 Å². The van der Waals surface area contributed by atoms with E-state index >= 15 is 0 Å². The van der Waals surface area contributed by atoms with Crippen LogP contribution in [0.15, 0.2) is 30.3 Å². The summed E-state index contributed by atoms with van der Waals surface area (Å²) in [5.74, 6) is -0.391. The maximum absolute atomic E-state index is 11.9. The van der Waals surface area contributed by atoms with Crippen LogP contribution >= 0.6 is 0 Å². The van der Waals surface area contributed by atoms with Crippen LogP contribution in [0.25, 0.3) is 0 Å². The Balaban J connectivity index is 0.000000241. The molecule has 14 heavy (non-hydrogen) atoms. The van der Waals surface area contributed by atoms with Crippen LogP contribution in [0.2, 0.25) is 0 Å². The summed E-state index contributed by atoms with van der Waals surface area (Å²) in [5, 5.41) is 0. The molecule has 78 valence electrons. The van der Waals surface area contributed by atoms with Crippen molar-refractivity contribution in [3.05, 3.63) is 36.1 Å². The number of halogens is 1. The van der Waals surface area contributed by atoms with Gasteiger partial charge >= 0.3 is 5.97 Å². The summed E-state index contributed by atoms with van der Waals surface area (Å²) in [7, 11) is 0. The second kappa shape index (κ2) is 7.06. The number of benzene rings is 1. The van der Waals surface area contributed by atoms with Crippen molar-refractivity contribution in [2.75, 3.05) is 0 Å². The second-order valence-electron chi connectivity index (χ2n) is 2.95. The van der Waals surface area contributed by atoms with E-state index in [9.17, 15) is 9.18 Å². The summed E-state index contributed by atoms with van der Waals surface area (Å²) in [6.45, 7) is 5.04. The molecule has 0 radical (unpaired) electrons. The lowest BCUT2D eigenvalue weighted by atomic mass is 10.4. The van der Waals surface area contributed by atoms with Gasteiger partial charge in [-0.15, -0.1) is 0 Å². The van der Waals surface area contributed by atoms with Gasteiger partial charge in [0.05, 0.1) is 6.10 Å². The van der Waals surface area contributed by atoms with Gasteiger partial charge in [-0.25, -0.2) is 4.39 Å². The third kappa shape index (κ3) is 8.71. The smallest absolute Gasteiger partial charge is 0.302 e. The lowest BCUT2D eigenvalue weighted by molar-refractivity contribution is -0.144. The molecule has 0 aromatic heterocycles. The molecule has 0 heterocycles. The highest BCUT2D eigenvalue weighted by Gasteiger charge is 1.93. The molecular formula is C11H15FO2. The summed E-state index contributed by atoms with van der Waals surface area (Å²) in [6.07, 6.45) is 0.0255. The Kier molecular flexibility index (Phi) is 6.37. The van der Waals surface area contributed by atoms with E-state index in [1.807, 2.05) is 13.8 Å². The number of esters is 1. The molecule has 0 saturated heterocycles. The Labute approximate surface area is 83.7 Å². The van der Waals surface area contributed by atoms with E-state index in [4.69, 9.17) is 0 Å². The van der Waals surface area contributed by atoms with Crippen molar-refractivity contribution in [1.82, 2.24) is 0 Å². The molecular weight excluding hydrogens is 183 g/mol. The summed E-state index contributed by atoms with van der Waals surface area (Å²) < 4.78 is 16.5. The fraction of sp³-hybridized carbons (Fsp3) is 0.364. The van der Waals surface area contributed by atoms with Crippen LogP contribution in [0.5, 0.6) is 0 Å². The first-order chi connectivity index (χ1) is 6.52. The van der Waals surface area contributed by atoms with Crippen molar-refractivity contribution in [2.45, 2.75) is 26.9 Å². The van der Waals surface area contributed by atoms with Gasteiger partial charge in [-0.05, 0) is 26.0 Å². The Morgan fingerprint density at radius 1 is 1.29 bits per heavy atom. The fourth-order valence-corrected chi connectivity index (χ4v) is 0.747. The molecule has 3 heteroatoms. The van der Waals surface area contributed by atoms with Gasteiger partial charge in [-0.3, -0.25) is 4.79 Å². The molecule has 2 nitrogen and oxygen atoms in total. The highest BCUT2D eigenvalue weighted by molar-refractivity contribution is 5.66. The number of ether oxygens (including phenoxy) is 1. The van der Waals surface area contributed by atoms with E-state index in [0.717, 1.165) is 0 Å². The average molecular weight is 198 g/mol. The van der Waals surface area contributed by atoms with Gasteiger partial charge < -0.3 is 4.74 Å². The molecule has 1 rings (SSSR count). The zero-order valence-electron chi connectivity index (χ0n) is 8.66. The third-order valence-corrected chi connectivity index (χ3v) is 1.13. The molecule has 0 fully saturated rings. The van der Waals surface area contributed by atoms with Gasteiger partial charge in [0.2, 0.25) is 0 Å². The third-order valence-electron chi connectivity index (χ3n) is 1.13. The minimum absolute atomic E-state index is 0.0255. The molecule has 0 bridgehead atoms. The highest BCUT2D eigenvalue weighted by Crippen LogP contribution is 1.91. The Hall–Kier alpha value is -1.38. The number of carbonyl (C=O) groups excluding carboxylic acids is 1. The van der Waals surface area contributed by atoms with E-state index in [-0.39, 0.29) is 17.9 Å². The van der Waals surface area contributed by atoms with Crippen LogP contribution in [0.4, 0.5) is 4.39 Å². The Bertz CT molecular complexity index is 257. The zero-order valence-corrected chi connectivity index (χ0v) is 8.66. The number of carbonyl (C=O) groups is 1. The molecule has 0 atom stereocenters. The molecule has 0 N–H and O–H groups in total. The van der Waals surface area contributed by atoms with Crippen LogP contribution in [0.3, 0.4) is 0 Å². The minimum atomic E-state index is -0.213. The quantitative estimate of drug-likeness (QED) is 0.648. The first-order valence-corrected chi connectivity index (χ1v) is 4.40. The molecule has 0 unspecified atom stereocenters. The largest absolute Gasteiger partial charge is 0.463 e. The van der Waals surface area contributed by atoms with Crippen LogP contribution < -0.4 is 0 Å². The molecule has 0 saturated carbocycles. The molecule has 1 aromatic rings. The second-order valence-corrected chi connectivity index (χ2v) is 2.95. The summed E-state index contributed by atoms with van der Waals surface area (Å²) in [6, 6.07) is 7.94. The Morgan fingerprint density at radius 2 is 1.79 bits per heavy atom. The van der Waals surface area contributed by atoms with Gasteiger partial charge in [-0.1, -0.05) is 18.2 Å². The van der Waals surface area contributed by atoms with Gasteiger partial charge in [0, 0.05) is 6.92 Å². The van der Waals surface area contributed by atoms with Crippen molar-refractivity contribution in [2.24, 2.45) is 0 Å². The van der Waals surface area contributed by atoms with Crippen molar-refractivity contribution in [1.29, 1.82) is 0 Å². The maximum Gasteiger partial charge on any atom is 0.302 e. The monoisotopic (exact) mass is 198 g/mol. The van der Waals surface area contributed by atoms with Crippen LogP contribution in [-0.2, 0) is 9.53 Å². The van der Waals surface area contributed by atoms with E-state index in [0.29, 0.717) is 0 Å². The number of rotatable bonds is 1. The molecule has 0 amide bonds. The molecule has 0 spiro atoms. The standard InChI is InChI=1S/C6H5F.C5H10O2/c7-6-4-2-1-3-5-6;1-4(2)7-5(3)6/h1-5H;4H,1-3H3. The van der Waals surface area contributed by atoms with E-state index in [1.165, 1.54) is 19.1 Å². The lowest BCUT2D eigenvalue weighted by Gasteiger charge is -2.01. The topological polar surface area (TPSA) is 26.3 Å². The normalized spacial score (nSPS) is 8.93. The summed E-state index contributed by atoms with van der Waals surface area (Å²) in [5.41, 5.74) is 0. The summed E-state index contributed by atoms with van der Waals surface area (Å²) in [4.78, 5) is 10.0. The van der Waals surface area contributed by atoms with E-state index in [2.05, 4.69) is 4.74 Å². The fourth-order valence-electron chi connectivity index (χ4n) is 0.747. The van der Waals surface area contributed by atoms with Crippen molar-refractivity contribution < 1.29 is 13.9 Å². The van der Waals surface area contributed by atoms with Gasteiger partial charge in [0.15, 0.2) is 0 Å². The van der Waals surface area contributed by atoms with Crippen molar-refractivity contribution >= 4 is 5.97 Å². The van der Waals surface area contributed by atoms with Crippen molar-refractivity contribution in [3.63, 3.8) is 0 Å². The zero-order chi connectivity index (χ0) is 11.0. The molecule has 0 aliphatic rings. The van der Waals surface area contributed by atoms with Gasteiger partial charge in [0.1, 0.15) is 5.82 Å². The SMILES string of the molecule is CC(=O)OC(C)C.Fc1ccccc1. The van der Waals surface area contributed by atoms with Crippen LogP contribution in [0.1, 0.15) is 20.8 Å². The number of hydrogen-bond donors (Lipinski definition) is 0. The predicted molar refractivity (Wildman–Crippen MR) is 53.3 cm³/mol. The average Bonchev–Trinajstić information content (AvgIpc) is 2.03. The summed E-state index contributed by atoms with van der Waals surface area (Å²) >= 11 is 0. The van der Waals surface area contributed by atoms with E-state index < -0.39 is 0 Å². The number of hydrogen-bond acceptors (Lipinski definition) is 2. The highest BCUT2D eigenvalue weighted by atomic mass is 19.1. The van der Waals surface area contributed by atoms with Gasteiger partial charge in [-0.2, -0.15) is 0 Å². The van der Waals surface area contributed by atoms with Crippen molar-refractivity contribution in [3.8, 4) is 0 Å². The van der Waals surface area contributed by atoms with Crippen LogP contribution in [-0.4, -0.2) is 12.1 Å². The lowest BCUT2D eigenvalue weighted by Crippen LogP contribution is -2.06. The van der Waals surface area contributed by atoms with Gasteiger partial charge in [0.25, 0.3) is 0 Å². The Morgan fingerprint density at radius 3 is 1.93 bits per heavy atom. The maximum atomic E-state index is 11.9. The first kappa shape index (κ1) is 12.6.